The summed E-state index contributed by atoms with van der Waals surface area (Å²) in [5, 5.41) is 3.67. The van der Waals surface area contributed by atoms with Crippen molar-refractivity contribution in [3.8, 4) is 0 Å². The average Bonchev–Trinajstić information content (AvgIpc) is 2.36. The van der Waals surface area contributed by atoms with Gasteiger partial charge in [-0.15, -0.1) is 0 Å². The van der Waals surface area contributed by atoms with Crippen LogP contribution in [0.25, 0.3) is 0 Å². The van der Waals surface area contributed by atoms with Crippen LogP contribution < -0.4 is 5.32 Å². The van der Waals surface area contributed by atoms with Crippen LogP contribution in [0.15, 0.2) is 18.2 Å². The lowest BCUT2D eigenvalue weighted by Gasteiger charge is -2.33. The molecule has 20 heavy (non-hydrogen) atoms. The Morgan fingerprint density at radius 1 is 1.30 bits per heavy atom. The van der Waals surface area contributed by atoms with Crippen LogP contribution in [0.5, 0.6) is 0 Å². The van der Waals surface area contributed by atoms with Crippen molar-refractivity contribution in [3.05, 3.63) is 34.9 Å². The summed E-state index contributed by atoms with van der Waals surface area (Å²) >= 11 is 0. The second-order valence-corrected chi connectivity index (χ2v) is 6.49. The lowest BCUT2D eigenvalue weighted by Crippen LogP contribution is -2.37. The Kier molecular flexibility index (Phi) is 5.62. The fourth-order valence-electron chi connectivity index (χ4n) is 3.16. The van der Waals surface area contributed by atoms with Gasteiger partial charge in [-0.05, 0) is 57.3 Å². The summed E-state index contributed by atoms with van der Waals surface area (Å²) in [6.07, 6.45) is 4.30. The van der Waals surface area contributed by atoms with Gasteiger partial charge < -0.3 is 10.2 Å². The number of nitrogens with zero attached hydrogens (tertiary/aromatic N) is 1. The van der Waals surface area contributed by atoms with Crippen LogP contribution in [-0.2, 0) is 0 Å². The van der Waals surface area contributed by atoms with E-state index in [0.717, 1.165) is 19.0 Å². The highest BCUT2D eigenvalue weighted by atomic mass is 15.1. The van der Waals surface area contributed by atoms with Crippen LogP contribution in [0, 0.1) is 19.8 Å². The summed E-state index contributed by atoms with van der Waals surface area (Å²) in [4.78, 5) is 2.51. The molecule has 0 amide bonds. The largest absolute Gasteiger partial charge is 0.309 e. The summed E-state index contributed by atoms with van der Waals surface area (Å²) in [5.41, 5.74) is 4.22. The van der Waals surface area contributed by atoms with Gasteiger partial charge in [0.15, 0.2) is 0 Å². The normalized spacial score (nSPS) is 17.2. The zero-order valence-corrected chi connectivity index (χ0v) is 13.6. The number of rotatable bonds is 7. The molecule has 1 aliphatic rings. The summed E-state index contributed by atoms with van der Waals surface area (Å²) < 4.78 is 0. The topological polar surface area (TPSA) is 15.3 Å². The lowest BCUT2D eigenvalue weighted by atomic mass is 9.85. The highest BCUT2D eigenvalue weighted by molar-refractivity contribution is 5.33. The van der Waals surface area contributed by atoms with E-state index in [1.165, 1.54) is 42.5 Å². The van der Waals surface area contributed by atoms with E-state index in [4.69, 9.17) is 0 Å². The van der Waals surface area contributed by atoms with Crippen LogP contribution in [0.4, 0.5) is 0 Å². The highest BCUT2D eigenvalue weighted by Crippen LogP contribution is 2.27. The predicted molar refractivity (Wildman–Crippen MR) is 87.2 cm³/mol. The Bertz CT molecular complexity index is 423. The van der Waals surface area contributed by atoms with Gasteiger partial charge in [0.25, 0.3) is 0 Å². The fourth-order valence-corrected chi connectivity index (χ4v) is 3.16. The zero-order valence-electron chi connectivity index (χ0n) is 13.6. The summed E-state index contributed by atoms with van der Waals surface area (Å²) in [5.74, 6) is 0.945. The Hall–Kier alpha value is -0.860. The van der Waals surface area contributed by atoms with Crippen molar-refractivity contribution in [1.29, 1.82) is 0 Å². The molecule has 1 aliphatic carbocycles. The van der Waals surface area contributed by atoms with Crippen molar-refractivity contribution in [2.75, 3.05) is 26.7 Å². The molecule has 112 valence electrons. The zero-order chi connectivity index (χ0) is 14.5. The van der Waals surface area contributed by atoms with Gasteiger partial charge in [-0.2, -0.15) is 0 Å². The van der Waals surface area contributed by atoms with Crippen molar-refractivity contribution in [3.63, 3.8) is 0 Å². The van der Waals surface area contributed by atoms with E-state index in [1.54, 1.807) is 0 Å². The van der Waals surface area contributed by atoms with E-state index in [1.807, 2.05) is 0 Å². The van der Waals surface area contributed by atoms with Crippen LogP contribution in [-0.4, -0.2) is 31.6 Å². The summed E-state index contributed by atoms with van der Waals surface area (Å²) in [6, 6.07) is 7.26. The molecular formula is C18H30N2. The second kappa shape index (κ2) is 7.24. The van der Waals surface area contributed by atoms with Crippen molar-refractivity contribution in [1.82, 2.24) is 10.2 Å². The van der Waals surface area contributed by atoms with Crippen LogP contribution >= 0.6 is 0 Å². The maximum Gasteiger partial charge on any atom is 0.0451 e. The molecule has 1 N–H and O–H groups in total. The summed E-state index contributed by atoms with van der Waals surface area (Å²) in [7, 11) is 2.27. The molecule has 2 nitrogen and oxygen atoms in total. The van der Waals surface area contributed by atoms with Gasteiger partial charge >= 0.3 is 0 Å². The molecule has 0 aliphatic heterocycles. The van der Waals surface area contributed by atoms with E-state index in [-0.39, 0.29) is 0 Å². The third kappa shape index (κ3) is 4.07. The van der Waals surface area contributed by atoms with Gasteiger partial charge in [-0.25, -0.2) is 0 Å². The number of hydrogen-bond acceptors (Lipinski definition) is 2. The molecule has 1 atom stereocenters. The molecule has 1 aromatic rings. The van der Waals surface area contributed by atoms with Gasteiger partial charge in [-0.1, -0.05) is 37.1 Å². The van der Waals surface area contributed by atoms with E-state index in [0.29, 0.717) is 6.04 Å². The molecular weight excluding hydrogens is 244 g/mol. The Morgan fingerprint density at radius 2 is 2.05 bits per heavy atom. The standard InChI is InChI=1S/C18H30N2/c1-5-19-18(13-20(4)12-16-7-6-8-16)17-11-14(2)9-10-15(17)3/h9-11,16,18-19H,5-8,12-13H2,1-4H3. The first-order valence-electron chi connectivity index (χ1n) is 8.09. The van der Waals surface area contributed by atoms with Gasteiger partial charge in [0.05, 0.1) is 0 Å². The molecule has 1 unspecified atom stereocenters. The Labute approximate surface area is 124 Å². The number of aryl methyl sites for hydroxylation is 2. The van der Waals surface area contributed by atoms with Crippen molar-refractivity contribution in [2.24, 2.45) is 5.92 Å². The molecule has 2 heteroatoms. The third-order valence-electron chi connectivity index (χ3n) is 4.55. The molecule has 0 saturated heterocycles. The molecule has 0 radical (unpaired) electrons. The highest BCUT2D eigenvalue weighted by Gasteiger charge is 2.21. The van der Waals surface area contributed by atoms with Gasteiger partial charge in [0.2, 0.25) is 0 Å². The predicted octanol–water partition coefficient (Wildman–Crippen LogP) is 3.69. The van der Waals surface area contributed by atoms with Crippen molar-refractivity contribution >= 4 is 0 Å². The monoisotopic (exact) mass is 274 g/mol. The fraction of sp³-hybridized carbons (Fsp3) is 0.667. The molecule has 2 rings (SSSR count). The molecule has 0 heterocycles. The van der Waals surface area contributed by atoms with E-state index >= 15 is 0 Å². The van der Waals surface area contributed by atoms with E-state index in [2.05, 4.69) is 56.2 Å². The van der Waals surface area contributed by atoms with Crippen LogP contribution in [0.3, 0.4) is 0 Å². The first-order valence-corrected chi connectivity index (χ1v) is 8.09. The van der Waals surface area contributed by atoms with Crippen molar-refractivity contribution in [2.45, 2.75) is 46.1 Å². The number of nitrogens with one attached hydrogen (secondary N) is 1. The maximum absolute atomic E-state index is 3.67. The maximum atomic E-state index is 3.67. The number of benzene rings is 1. The number of likely N-dealkylation sites (N-methyl/N-ethyl adjacent to an activating group) is 2. The van der Waals surface area contributed by atoms with Crippen LogP contribution in [0.1, 0.15) is 48.9 Å². The Balaban J connectivity index is 2.03. The minimum absolute atomic E-state index is 0.449. The van der Waals surface area contributed by atoms with Gasteiger partial charge in [0.1, 0.15) is 0 Å². The van der Waals surface area contributed by atoms with Crippen LogP contribution in [0.2, 0.25) is 0 Å². The van der Waals surface area contributed by atoms with Gasteiger partial charge in [0, 0.05) is 19.1 Å². The van der Waals surface area contributed by atoms with Crippen molar-refractivity contribution < 1.29 is 0 Å². The quantitative estimate of drug-likeness (QED) is 0.816. The minimum atomic E-state index is 0.449. The van der Waals surface area contributed by atoms with E-state index in [9.17, 15) is 0 Å². The molecule has 0 spiro atoms. The lowest BCUT2D eigenvalue weighted by molar-refractivity contribution is 0.192. The number of hydrogen-bond donors (Lipinski definition) is 1. The minimum Gasteiger partial charge on any atom is -0.309 e. The first kappa shape index (κ1) is 15.5. The average molecular weight is 274 g/mol. The Morgan fingerprint density at radius 3 is 2.65 bits per heavy atom. The molecule has 1 aromatic carbocycles. The summed E-state index contributed by atoms with van der Waals surface area (Å²) in [6.45, 7) is 10.00. The smallest absolute Gasteiger partial charge is 0.0451 e. The first-order chi connectivity index (χ1) is 9.60. The molecule has 0 bridgehead atoms. The second-order valence-electron chi connectivity index (χ2n) is 6.49. The van der Waals surface area contributed by atoms with E-state index < -0.39 is 0 Å². The van der Waals surface area contributed by atoms with Gasteiger partial charge in [-0.3, -0.25) is 0 Å². The molecule has 1 saturated carbocycles. The SMILES string of the molecule is CCNC(CN(C)CC1CCC1)c1cc(C)ccc1C. The molecule has 1 fully saturated rings. The third-order valence-corrected chi connectivity index (χ3v) is 4.55. The molecule has 0 aromatic heterocycles.